The van der Waals surface area contributed by atoms with Gasteiger partial charge in [-0.3, -0.25) is 4.79 Å². The van der Waals surface area contributed by atoms with Gasteiger partial charge in [-0.05, 0) is 23.5 Å². The van der Waals surface area contributed by atoms with Crippen LogP contribution in [0.1, 0.15) is 55.4 Å². The first-order valence-corrected chi connectivity index (χ1v) is 7.77. The lowest BCUT2D eigenvalue weighted by Gasteiger charge is -2.20. The van der Waals surface area contributed by atoms with Crippen LogP contribution in [-0.4, -0.2) is 10.9 Å². The average Bonchev–Trinajstić information content (AvgIpc) is 2.84. The van der Waals surface area contributed by atoms with Crippen LogP contribution in [0, 0.1) is 0 Å². The second-order valence-corrected chi connectivity index (χ2v) is 7.03. The molecule has 1 atom stereocenters. The smallest absolute Gasteiger partial charge is 0.271 e. The number of hydrogen-bond acceptors (Lipinski definition) is 4. The number of aromatic nitrogens is 1. The van der Waals surface area contributed by atoms with Crippen molar-refractivity contribution in [3.63, 3.8) is 0 Å². The summed E-state index contributed by atoms with van der Waals surface area (Å²) in [5.74, 6) is -0.199. The van der Waals surface area contributed by atoms with Gasteiger partial charge in [-0.15, -0.1) is 11.3 Å². The number of carbonyl (C=O) groups is 1. The van der Waals surface area contributed by atoms with Gasteiger partial charge in [-0.1, -0.05) is 45.0 Å². The highest BCUT2D eigenvalue weighted by atomic mass is 32.1. The topological polar surface area (TPSA) is 68.0 Å². The third-order valence-electron chi connectivity index (χ3n) is 3.38. The molecule has 1 aromatic heterocycles. The molecule has 1 amide bonds. The Bertz CT molecular complexity index is 626. The molecular formula is C16H21N3OS. The molecule has 21 heavy (non-hydrogen) atoms. The van der Waals surface area contributed by atoms with Gasteiger partial charge in [0.25, 0.3) is 5.91 Å². The van der Waals surface area contributed by atoms with E-state index >= 15 is 0 Å². The standard InChI is InChI=1S/C16H21N3OS/c1-10(18-14(20)13-9-21-15(17)19-13)11-5-7-12(8-6-11)16(2,3)4/h5-10H,1-4H3,(H2,17,19)(H,18,20). The van der Waals surface area contributed by atoms with Crippen LogP contribution in [0.15, 0.2) is 29.6 Å². The van der Waals surface area contributed by atoms with E-state index in [-0.39, 0.29) is 17.4 Å². The number of amides is 1. The predicted octanol–water partition coefficient (Wildman–Crippen LogP) is 3.51. The summed E-state index contributed by atoms with van der Waals surface area (Å²) in [5, 5.41) is 5.01. The first kappa shape index (κ1) is 15.5. The van der Waals surface area contributed by atoms with Crippen LogP contribution in [0.2, 0.25) is 0 Å². The van der Waals surface area contributed by atoms with E-state index in [1.54, 1.807) is 5.38 Å². The van der Waals surface area contributed by atoms with Gasteiger partial charge in [0.15, 0.2) is 5.13 Å². The van der Waals surface area contributed by atoms with Crippen LogP contribution < -0.4 is 11.1 Å². The molecular weight excluding hydrogens is 282 g/mol. The quantitative estimate of drug-likeness (QED) is 0.911. The molecule has 0 aliphatic heterocycles. The Balaban J connectivity index is 2.06. The zero-order valence-corrected chi connectivity index (χ0v) is 13.6. The number of nitrogens with two attached hydrogens (primary N) is 1. The minimum Gasteiger partial charge on any atom is -0.375 e. The lowest BCUT2D eigenvalue weighted by molar-refractivity contribution is 0.0935. The number of rotatable bonds is 3. The van der Waals surface area contributed by atoms with E-state index in [2.05, 4.69) is 55.3 Å². The largest absolute Gasteiger partial charge is 0.375 e. The van der Waals surface area contributed by atoms with Crippen molar-refractivity contribution < 1.29 is 4.79 Å². The van der Waals surface area contributed by atoms with Crippen molar-refractivity contribution in [2.75, 3.05) is 5.73 Å². The zero-order valence-electron chi connectivity index (χ0n) is 12.8. The molecule has 2 rings (SSSR count). The van der Waals surface area contributed by atoms with Crippen LogP contribution in [0.3, 0.4) is 0 Å². The zero-order chi connectivity index (χ0) is 15.6. The molecule has 3 N–H and O–H groups in total. The highest BCUT2D eigenvalue weighted by molar-refractivity contribution is 7.13. The predicted molar refractivity (Wildman–Crippen MR) is 87.5 cm³/mol. The van der Waals surface area contributed by atoms with Gasteiger partial charge in [-0.25, -0.2) is 4.98 Å². The van der Waals surface area contributed by atoms with Crippen molar-refractivity contribution in [3.05, 3.63) is 46.5 Å². The Morgan fingerprint density at radius 1 is 1.29 bits per heavy atom. The molecule has 2 aromatic rings. The third-order valence-corrected chi connectivity index (χ3v) is 4.05. The van der Waals surface area contributed by atoms with Crippen LogP contribution in [0.25, 0.3) is 0 Å². The van der Waals surface area contributed by atoms with Crippen molar-refractivity contribution >= 4 is 22.4 Å². The number of nitrogen functional groups attached to an aromatic ring is 1. The third kappa shape index (κ3) is 3.82. The van der Waals surface area contributed by atoms with Crippen molar-refractivity contribution in [2.24, 2.45) is 0 Å². The van der Waals surface area contributed by atoms with Crippen molar-refractivity contribution in [1.29, 1.82) is 0 Å². The minimum atomic E-state index is -0.199. The van der Waals surface area contributed by atoms with E-state index in [1.165, 1.54) is 16.9 Å². The molecule has 0 fully saturated rings. The van der Waals surface area contributed by atoms with E-state index in [9.17, 15) is 4.79 Å². The van der Waals surface area contributed by atoms with E-state index in [0.717, 1.165) is 5.56 Å². The molecule has 0 radical (unpaired) electrons. The Morgan fingerprint density at radius 3 is 2.38 bits per heavy atom. The number of anilines is 1. The number of hydrogen-bond donors (Lipinski definition) is 2. The fourth-order valence-corrected chi connectivity index (χ4v) is 2.56. The lowest BCUT2D eigenvalue weighted by atomic mass is 9.86. The summed E-state index contributed by atoms with van der Waals surface area (Å²) in [7, 11) is 0. The van der Waals surface area contributed by atoms with Crippen molar-refractivity contribution in [1.82, 2.24) is 10.3 Å². The van der Waals surface area contributed by atoms with Crippen LogP contribution in [0.4, 0.5) is 5.13 Å². The van der Waals surface area contributed by atoms with Gasteiger partial charge in [0.2, 0.25) is 0 Å². The number of thiazole rings is 1. The Kier molecular flexibility index (Phi) is 4.32. The van der Waals surface area contributed by atoms with Gasteiger partial charge in [0.05, 0.1) is 6.04 Å². The molecule has 4 nitrogen and oxygen atoms in total. The highest BCUT2D eigenvalue weighted by Gasteiger charge is 2.16. The Labute approximate surface area is 129 Å². The molecule has 1 aromatic carbocycles. The number of benzene rings is 1. The summed E-state index contributed by atoms with van der Waals surface area (Å²) in [4.78, 5) is 16.0. The highest BCUT2D eigenvalue weighted by Crippen LogP contribution is 2.24. The van der Waals surface area contributed by atoms with Gasteiger partial charge < -0.3 is 11.1 Å². The maximum absolute atomic E-state index is 12.0. The normalized spacial score (nSPS) is 13.0. The monoisotopic (exact) mass is 303 g/mol. The Hall–Kier alpha value is -1.88. The number of nitrogens with zero attached hydrogens (tertiary/aromatic N) is 1. The summed E-state index contributed by atoms with van der Waals surface area (Å²) in [6.45, 7) is 8.50. The van der Waals surface area contributed by atoms with Crippen molar-refractivity contribution in [2.45, 2.75) is 39.2 Å². The molecule has 0 aliphatic carbocycles. The second kappa shape index (κ2) is 5.85. The summed E-state index contributed by atoms with van der Waals surface area (Å²) in [6.07, 6.45) is 0. The van der Waals surface area contributed by atoms with E-state index in [4.69, 9.17) is 5.73 Å². The molecule has 0 saturated heterocycles. The van der Waals surface area contributed by atoms with E-state index in [0.29, 0.717) is 10.8 Å². The lowest BCUT2D eigenvalue weighted by Crippen LogP contribution is -2.27. The van der Waals surface area contributed by atoms with Crippen molar-refractivity contribution in [3.8, 4) is 0 Å². The fraction of sp³-hybridized carbons (Fsp3) is 0.375. The molecule has 0 bridgehead atoms. The number of carbonyl (C=O) groups excluding carboxylic acids is 1. The Morgan fingerprint density at radius 2 is 1.90 bits per heavy atom. The van der Waals surface area contributed by atoms with E-state index < -0.39 is 0 Å². The molecule has 112 valence electrons. The van der Waals surface area contributed by atoms with Gasteiger partial charge in [-0.2, -0.15) is 0 Å². The summed E-state index contributed by atoms with van der Waals surface area (Å²) < 4.78 is 0. The summed E-state index contributed by atoms with van der Waals surface area (Å²) in [5.41, 5.74) is 8.39. The molecule has 1 unspecified atom stereocenters. The van der Waals surface area contributed by atoms with Gasteiger partial charge in [0, 0.05) is 5.38 Å². The summed E-state index contributed by atoms with van der Waals surface area (Å²) in [6, 6.07) is 8.26. The minimum absolute atomic E-state index is 0.0746. The summed E-state index contributed by atoms with van der Waals surface area (Å²) >= 11 is 1.27. The second-order valence-electron chi connectivity index (χ2n) is 6.14. The van der Waals surface area contributed by atoms with Crippen LogP contribution in [0.5, 0.6) is 0 Å². The van der Waals surface area contributed by atoms with Gasteiger partial charge >= 0.3 is 0 Å². The van der Waals surface area contributed by atoms with E-state index in [1.807, 2.05) is 6.92 Å². The fourth-order valence-electron chi connectivity index (χ4n) is 2.02. The molecule has 0 saturated carbocycles. The first-order valence-electron chi connectivity index (χ1n) is 6.89. The van der Waals surface area contributed by atoms with Gasteiger partial charge in [0.1, 0.15) is 5.69 Å². The first-order chi connectivity index (χ1) is 9.77. The maximum atomic E-state index is 12.0. The molecule has 0 spiro atoms. The molecule has 0 aliphatic rings. The maximum Gasteiger partial charge on any atom is 0.271 e. The SMILES string of the molecule is CC(NC(=O)c1csc(N)n1)c1ccc(C(C)(C)C)cc1. The molecule has 5 heteroatoms. The average molecular weight is 303 g/mol. The number of nitrogens with one attached hydrogen (secondary N) is 1. The molecule has 1 heterocycles. The van der Waals surface area contributed by atoms with Crippen LogP contribution >= 0.6 is 11.3 Å². The van der Waals surface area contributed by atoms with Crippen LogP contribution in [-0.2, 0) is 5.41 Å².